The molecule has 1 rings (SSSR count). The zero-order chi connectivity index (χ0) is 11.6. The van der Waals surface area contributed by atoms with E-state index in [2.05, 4.69) is 0 Å². The first-order chi connectivity index (χ1) is 6.93. The molecule has 15 heavy (non-hydrogen) atoms. The molecule has 0 aromatic heterocycles. The number of non-ortho nitro benzene ring substituents is 1. The van der Waals surface area contributed by atoms with Crippen molar-refractivity contribution in [1.82, 2.24) is 0 Å². The van der Waals surface area contributed by atoms with Crippen LogP contribution in [0.25, 0.3) is 0 Å². The Morgan fingerprint density at radius 2 is 1.80 bits per heavy atom. The lowest BCUT2D eigenvalue weighted by molar-refractivity contribution is -0.395. The minimum Gasteiger partial charge on any atom is -0.258 e. The van der Waals surface area contributed by atoms with Crippen LogP contribution in [-0.4, -0.2) is 9.85 Å². The van der Waals surface area contributed by atoms with E-state index in [9.17, 15) is 25.3 Å². The molecule has 79 valence electrons. The molecule has 0 spiro atoms. The molecule has 0 saturated heterocycles. The summed E-state index contributed by atoms with van der Waals surface area (Å²) in [5, 5.41) is 32.0. The highest BCUT2D eigenvalue weighted by Gasteiger charge is 2.22. The molecule has 0 fully saturated rings. The van der Waals surface area contributed by atoms with Crippen LogP contribution in [0.2, 0.25) is 0 Å². The van der Waals surface area contributed by atoms with Crippen molar-refractivity contribution in [1.29, 1.82) is 0 Å². The summed E-state index contributed by atoms with van der Waals surface area (Å²) in [4.78, 5) is 19.4. The van der Waals surface area contributed by atoms with Gasteiger partial charge < -0.3 is 0 Å². The van der Waals surface area contributed by atoms with Crippen molar-refractivity contribution >= 4 is 11.4 Å². The third-order valence-electron chi connectivity index (χ3n) is 1.86. The zero-order valence-electron chi connectivity index (χ0n) is 7.75. The van der Waals surface area contributed by atoms with Gasteiger partial charge in [0, 0.05) is 6.07 Å². The van der Waals surface area contributed by atoms with Crippen LogP contribution in [0.3, 0.4) is 0 Å². The van der Waals surface area contributed by atoms with Crippen molar-refractivity contribution in [3.8, 4) is 0 Å². The predicted molar refractivity (Wildman–Crippen MR) is 48.9 cm³/mol. The molecule has 0 aliphatic heterocycles. The van der Waals surface area contributed by atoms with Crippen LogP contribution in [0.5, 0.6) is 0 Å². The number of nitrogens with zero attached hydrogens (tertiary/aromatic N) is 2. The number of rotatable bonds is 3. The van der Waals surface area contributed by atoms with Crippen LogP contribution < -0.4 is 0 Å². The maximum Gasteiger partial charge on any atom is 0.282 e. The lowest BCUT2D eigenvalue weighted by Gasteiger charge is -2.02. The fourth-order valence-electron chi connectivity index (χ4n) is 1.15. The Kier molecular flexibility index (Phi) is 2.96. The largest absolute Gasteiger partial charge is 0.282 e. The third-order valence-corrected chi connectivity index (χ3v) is 1.86. The maximum absolute atomic E-state index is 11.1. The van der Waals surface area contributed by atoms with Gasteiger partial charge in [0.25, 0.3) is 11.4 Å². The summed E-state index contributed by atoms with van der Waals surface area (Å²) in [5.41, 5.74) is -0.955. The average molecular weight is 211 g/mol. The van der Waals surface area contributed by atoms with Crippen LogP contribution in [0.1, 0.15) is 18.6 Å². The fraction of sp³-hybridized carbons (Fsp3) is 0.250. The van der Waals surface area contributed by atoms with Crippen LogP contribution >= 0.6 is 0 Å². The number of hydrogen-bond donors (Lipinski definition) is 0. The number of hydrogen-bond acceptors (Lipinski definition) is 4. The highest BCUT2D eigenvalue weighted by atomic mass is 16.6. The van der Waals surface area contributed by atoms with Crippen molar-refractivity contribution in [2.24, 2.45) is 0 Å². The van der Waals surface area contributed by atoms with Crippen molar-refractivity contribution in [2.45, 2.75) is 13.0 Å². The predicted octanol–water partition coefficient (Wildman–Crippen LogP) is 1.99. The van der Waals surface area contributed by atoms with Gasteiger partial charge in [-0.2, -0.15) is 0 Å². The first-order valence-electron chi connectivity index (χ1n) is 4.02. The van der Waals surface area contributed by atoms with Crippen molar-refractivity contribution in [2.75, 3.05) is 0 Å². The van der Waals surface area contributed by atoms with Gasteiger partial charge in [-0.15, -0.1) is 0 Å². The molecule has 0 saturated carbocycles. The first-order valence-corrected chi connectivity index (χ1v) is 4.02. The van der Waals surface area contributed by atoms with E-state index in [0.717, 1.165) is 18.2 Å². The van der Waals surface area contributed by atoms with Crippen LogP contribution in [-0.2, 0) is 5.11 Å². The Morgan fingerprint density at radius 1 is 1.20 bits per heavy atom. The Labute approximate surface area is 84.3 Å². The number of nitro groups is 2. The lowest BCUT2D eigenvalue weighted by atomic mass is 10.1. The van der Waals surface area contributed by atoms with E-state index in [1.807, 2.05) is 0 Å². The monoisotopic (exact) mass is 211 g/mol. The number of benzene rings is 1. The van der Waals surface area contributed by atoms with Gasteiger partial charge in [0.15, 0.2) is 0 Å². The van der Waals surface area contributed by atoms with Crippen LogP contribution in [0.4, 0.5) is 11.4 Å². The normalized spacial score (nSPS) is 12.1. The zero-order valence-corrected chi connectivity index (χ0v) is 7.75. The lowest BCUT2D eigenvalue weighted by Crippen LogP contribution is -1.99. The van der Waals surface area contributed by atoms with Crippen molar-refractivity contribution in [3.63, 3.8) is 0 Å². The van der Waals surface area contributed by atoms with Gasteiger partial charge in [0.1, 0.15) is 6.10 Å². The fourth-order valence-corrected chi connectivity index (χ4v) is 1.15. The minimum atomic E-state index is -1.29. The molecule has 1 aromatic carbocycles. The molecule has 1 atom stereocenters. The summed E-state index contributed by atoms with van der Waals surface area (Å²) in [5.74, 6) is 0. The smallest absolute Gasteiger partial charge is 0.258 e. The Morgan fingerprint density at radius 3 is 2.20 bits per heavy atom. The van der Waals surface area contributed by atoms with E-state index in [1.54, 1.807) is 0 Å². The topological polar surface area (TPSA) is 106 Å². The Hall–Kier alpha value is -2.02. The third kappa shape index (κ3) is 2.26. The highest BCUT2D eigenvalue weighted by molar-refractivity contribution is 5.49. The van der Waals surface area contributed by atoms with Crippen molar-refractivity contribution in [3.05, 3.63) is 44.0 Å². The summed E-state index contributed by atoms with van der Waals surface area (Å²) >= 11 is 0. The van der Waals surface area contributed by atoms with Gasteiger partial charge in [0.2, 0.25) is 0 Å². The summed E-state index contributed by atoms with van der Waals surface area (Å²) in [6, 6.07) is 2.99. The summed E-state index contributed by atoms with van der Waals surface area (Å²) in [6.07, 6.45) is -1.29. The molecular weight excluding hydrogens is 204 g/mol. The van der Waals surface area contributed by atoms with E-state index < -0.39 is 27.3 Å². The van der Waals surface area contributed by atoms with Gasteiger partial charge in [0.05, 0.1) is 21.5 Å². The molecule has 7 nitrogen and oxygen atoms in total. The molecule has 0 N–H and O–H groups in total. The molecule has 1 radical (unpaired) electrons. The molecule has 0 heterocycles. The molecule has 1 aromatic rings. The van der Waals surface area contributed by atoms with E-state index in [4.69, 9.17) is 0 Å². The molecular formula is C8H7N2O5. The van der Waals surface area contributed by atoms with E-state index in [0.29, 0.717) is 0 Å². The molecule has 1 unspecified atom stereocenters. The maximum atomic E-state index is 11.1. The molecule has 0 aliphatic carbocycles. The van der Waals surface area contributed by atoms with Gasteiger partial charge in [-0.1, -0.05) is 0 Å². The average Bonchev–Trinajstić information content (AvgIpc) is 2.16. The SMILES string of the molecule is CC([O])c1ccc([N+](=O)[O-])cc1[N+](=O)[O-]. The molecule has 0 bridgehead atoms. The highest BCUT2D eigenvalue weighted by Crippen LogP contribution is 2.29. The summed E-state index contributed by atoms with van der Waals surface area (Å²) in [7, 11) is 0. The number of nitro benzene ring substituents is 2. The van der Waals surface area contributed by atoms with Gasteiger partial charge in [-0.05, 0) is 13.0 Å². The minimum absolute atomic E-state index is 0.0504. The Balaban J connectivity index is 3.33. The summed E-state index contributed by atoms with van der Waals surface area (Å²) < 4.78 is 0. The second-order valence-corrected chi connectivity index (χ2v) is 2.90. The molecule has 0 amide bonds. The Bertz CT molecular complexity index is 415. The van der Waals surface area contributed by atoms with Gasteiger partial charge in [-0.3, -0.25) is 20.2 Å². The summed E-state index contributed by atoms with van der Waals surface area (Å²) in [6.45, 7) is 1.24. The van der Waals surface area contributed by atoms with E-state index >= 15 is 0 Å². The first kappa shape index (κ1) is 11.1. The van der Waals surface area contributed by atoms with Crippen molar-refractivity contribution < 1.29 is 15.0 Å². The van der Waals surface area contributed by atoms with Crippen LogP contribution in [0.15, 0.2) is 18.2 Å². The standard InChI is InChI=1S/C8H7N2O5/c1-5(11)7-3-2-6(9(12)13)4-8(7)10(14)15/h2-5H,1H3. The second kappa shape index (κ2) is 4.01. The molecule has 0 aliphatic rings. The van der Waals surface area contributed by atoms with Gasteiger partial charge >= 0.3 is 0 Å². The van der Waals surface area contributed by atoms with E-state index in [1.165, 1.54) is 6.92 Å². The van der Waals surface area contributed by atoms with Gasteiger partial charge in [-0.25, -0.2) is 5.11 Å². The quantitative estimate of drug-likeness (QED) is 0.562. The second-order valence-electron chi connectivity index (χ2n) is 2.90. The van der Waals surface area contributed by atoms with E-state index in [-0.39, 0.29) is 5.56 Å². The van der Waals surface area contributed by atoms with Crippen LogP contribution in [0, 0.1) is 20.2 Å². The molecule has 7 heteroatoms.